The number of nitrogen functional groups attached to an aromatic ring is 1. The zero-order valence-electron chi connectivity index (χ0n) is 9.78. The average Bonchev–Trinajstić information content (AvgIpc) is 2.82. The predicted molar refractivity (Wildman–Crippen MR) is 71.6 cm³/mol. The topological polar surface area (TPSA) is 76.3 Å². The second kappa shape index (κ2) is 5.05. The van der Waals surface area contributed by atoms with E-state index in [-0.39, 0.29) is 4.90 Å². The maximum Gasteiger partial charge on any atom is 0.244 e. The maximum absolute atomic E-state index is 12.2. The lowest BCUT2D eigenvalue weighted by molar-refractivity contribution is 0.467. The summed E-state index contributed by atoms with van der Waals surface area (Å²) in [6.07, 6.45) is 1.27. The standard InChI is InChI=1S/C11H13N3O2S2/c1-14(7-9-4-5-17-8-9)18(15,16)10-2-3-11(12)13-6-10/h2-6,8H,7H2,1H3,(H2,12,13). The number of aromatic nitrogens is 1. The molecule has 2 rings (SSSR count). The molecule has 7 heteroatoms. The summed E-state index contributed by atoms with van der Waals surface area (Å²) in [5.41, 5.74) is 6.40. The van der Waals surface area contributed by atoms with Crippen molar-refractivity contribution in [3.8, 4) is 0 Å². The van der Waals surface area contributed by atoms with Crippen molar-refractivity contribution >= 4 is 27.2 Å². The van der Waals surface area contributed by atoms with Gasteiger partial charge in [0.15, 0.2) is 0 Å². The van der Waals surface area contributed by atoms with Crippen LogP contribution in [0.3, 0.4) is 0 Å². The van der Waals surface area contributed by atoms with E-state index in [4.69, 9.17) is 5.73 Å². The van der Waals surface area contributed by atoms with E-state index in [0.29, 0.717) is 12.4 Å². The van der Waals surface area contributed by atoms with Gasteiger partial charge < -0.3 is 5.73 Å². The fourth-order valence-electron chi connectivity index (χ4n) is 1.45. The first-order valence-corrected chi connectivity index (χ1v) is 7.57. The highest BCUT2D eigenvalue weighted by Gasteiger charge is 2.21. The molecule has 18 heavy (non-hydrogen) atoms. The van der Waals surface area contributed by atoms with E-state index in [1.54, 1.807) is 7.05 Å². The Kier molecular flexibility index (Phi) is 3.65. The summed E-state index contributed by atoms with van der Waals surface area (Å²) in [4.78, 5) is 3.95. The van der Waals surface area contributed by atoms with Gasteiger partial charge in [-0.25, -0.2) is 13.4 Å². The van der Waals surface area contributed by atoms with Crippen molar-refractivity contribution < 1.29 is 8.42 Å². The second-order valence-electron chi connectivity index (χ2n) is 3.81. The Bertz CT molecular complexity index is 606. The van der Waals surface area contributed by atoms with Gasteiger partial charge in [-0.1, -0.05) is 0 Å². The number of anilines is 1. The van der Waals surface area contributed by atoms with Crippen molar-refractivity contribution in [2.75, 3.05) is 12.8 Å². The van der Waals surface area contributed by atoms with Crippen molar-refractivity contribution in [3.63, 3.8) is 0 Å². The summed E-state index contributed by atoms with van der Waals surface area (Å²) < 4.78 is 25.7. The van der Waals surface area contributed by atoms with Gasteiger partial charge in [-0.3, -0.25) is 0 Å². The summed E-state index contributed by atoms with van der Waals surface area (Å²) >= 11 is 1.54. The molecule has 0 aromatic carbocycles. The third kappa shape index (κ3) is 2.69. The minimum Gasteiger partial charge on any atom is -0.384 e. The number of nitrogens with zero attached hydrogens (tertiary/aromatic N) is 2. The fourth-order valence-corrected chi connectivity index (χ4v) is 3.21. The molecular formula is C11H13N3O2S2. The van der Waals surface area contributed by atoms with Gasteiger partial charge in [-0.2, -0.15) is 15.6 Å². The largest absolute Gasteiger partial charge is 0.384 e. The Morgan fingerprint density at radius 2 is 2.17 bits per heavy atom. The number of sulfonamides is 1. The lowest BCUT2D eigenvalue weighted by Gasteiger charge is -2.16. The van der Waals surface area contributed by atoms with Crippen LogP contribution >= 0.6 is 11.3 Å². The first-order chi connectivity index (χ1) is 8.50. The van der Waals surface area contributed by atoms with Crippen LogP contribution in [0.2, 0.25) is 0 Å². The van der Waals surface area contributed by atoms with Crippen LogP contribution in [0, 0.1) is 0 Å². The van der Waals surface area contributed by atoms with Gasteiger partial charge in [0.2, 0.25) is 10.0 Å². The van der Waals surface area contributed by atoms with Crippen LogP contribution in [0.15, 0.2) is 40.1 Å². The predicted octanol–water partition coefficient (Wildman–Crippen LogP) is 1.55. The molecule has 5 nitrogen and oxygen atoms in total. The summed E-state index contributed by atoms with van der Waals surface area (Å²) in [5.74, 6) is 0.300. The first kappa shape index (κ1) is 13.0. The minimum absolute atomic E-state index is 0.148. The van der Waals surface area contributed by atoms with Crippen molar-refractivity contribution in [3.05, 3.63) is 40.7 Å². The summed E-state index contributed by atoms with van der Waals surface area (Å²) in [5, 5.41) is 3.84. The Morgan fingerprint density at radius 3 is 2.72 bits per heavy atom. The lowest BCUT2D eigenvalue weighted by atomic mass is 10.3. The van der Waals surface area contributed by atoms with E-state index < -0.39 is 10.0 Å². The van der Waals surface area contributed by atoms with Gasteiger partial charge in [-0.15, -0.1) is 0 Å². The number of nitrogens with two attached hydrogens (primary N) is 1. The zero-order chi connectivity index (χ0) is 13.2. The molecule has 2 aromatic heterocycles. The van der Waals surface area contributed by atoms with Gasteiger partial charge >= 0.3 is 0 Å². The first-order valence-electron chi connectivity index (χ1n) is 5.19. The smallest absolute Gasteiger partial charge is 0.244 e. The molecule has 0 fully saturated rings. The van der Waals surface area contributed by atoms with E-state index in [2.05, 4.69) is 4.98 Å². The van der Waals surface area contributed by atoms with Crippen molar-refractivity contribution in [2.45, 2.75) is 11.4 Å². The molecule has 2 aromatic rings. The van der Waals surface area contributed by atoms with Crippen LogP contribution in [0.5, 0.6) is 0 Å². The number of thiophene rings is 1. The van der Waals surface area contributed by atoms with Gasteiger partial charge in [-0.05, 0) is 34.5 Å². The third-order valence-corrected chi connectivity index (χ3v) is 4.97. The highest BCUT2D eigenvalue weighted by atomic mass is 32.2. The van der Waals surface area contributed by atoms with Crippen molar-refractivity contribution in [1.29, 1.82) is 0 Å². The Hall–Kier alpha value is -1.44. The molecular weight excluding hydrogens is 270 g/mol. The number of hydrogen-bond donors (Lipinski definition) is 1. The second-order valence-corrected chi connectivity index (χ2v) is 6.64. The maximum atomic E-state index is 12.2. The molecule has 0 atom stereocenters. The normalized spacial score (nSPS) is 11.9. The number of rotatable bonds is 4. The Balaban J connectivity index is 2.22. The molecule has 2 heterocycles. The van der Waals surface area contributed by atoms with Crippen LogP contribution in [-0.2, 0) is 16.6 Å². The van der Waals surface area contributed by atoms with Gasteiger partial charge in [0.25, 0.3) is 0 Å². The van der Waals surface area contributed by atoms with Crippen LogP contribution in [0.4, 0.5) is 5.82 Å². The Labute approximate surface area is 110 Å². The van der Waals surface area contributed by atoms with Crippen molar-refractivity contribution in [2.24, 2.45) is 0 Å². The molecule has 96 valence electrons. The molecule has 0 aliphatic heterocycles. The highest BCUT2D eigenvalue weighted by molar-refractivity contribution is 7.89. The molecule has 0 saturated carbocycles. The number of hydrogen-bond acceptors (Lipinski definition) is 5. The van der Waals surface area contributed by atoms with E-state index >= 15 is 0 Å². The van der Waals surface area contributed by atoms with E-state index in [1.165, 1.54) is 34.0 Å². The van der Waals surface area contributed by atoms with Crippen LogP contribution in [-0.4, -0.2) is 24.8 Å². The molecule has 0 bridgehead atoms. The average molecular weight is 283 g/mol. The molecule has 0 aliphatic rings. The van der Waals surface area contributed by atoms with Gasteiger partial charge in [0, 0.05) is 19.8 Å². The van der Waals surface area contributed by atoms with Gasteiger partial charge in [0.1, 0.15) is 10.7 Å². The van der Waals surface area contributed by atoms with Crippen molar-refractivity contribution in [1.82, 2.24) is 9.29 Å². The molecule has 0 amide bonds. The number of pyridine rings is 1. The highest BCUT2D eigenvalue weighted by Crippen LogP contribution is 2.17. The minimum atomic E-state index is -3.51. The molecule has 0 aliphatic carbocycles. The third-order valence-electron chi connectivity index (χ3n) is 2.45. The quantitative estimate of drug-likeness (QED) is 0.923. The van der Waals surface area contributed by atoms with Crippen LogP contribution in [0.1, 0.15) is 5.56 Å². The zero-order valence-corrected chi connectivity index (χ0v) is 11.4. The summed E-state index contributed by atoms with van der Waals surface area (Å²) in [7, 11) is -1.97. The summed E-state index contributed by atoms with van der Waals surface area (Å²) in [6.45, 7) is 0.343. The van der Waals surface area contributed by atoms with Gasteiger partial charge in [0.05, 0.1) is 0 Å². The molecule has 0 radical (unpaired) electrons. The SMILES string of the molecule is CN(Cc1ccsc1)S(=O)(=O)c1ccc(N)nc1. The molecule has 0 unspecified atom stereocenters. The van der Waals surface area contributed by atoms with Crippen LogP contribution < -0.4 is 5.73 Å². The molecule has 0 saturated heterocycles. The lowest BCUT2D eigenvalue weighted by Crippen LogP contribution is -2.26. The Morgan fingerprint density at radius 1 is 1.39 bits per heavy atom. The van der Waals surface area contributed by atoms with Crippen LogP contribution in [0.25, 0.3) is 0 Å². The monoisotopic (exact) mass is 283 g/mol. The van der Waals surface area contributed by atoms with E-state index in [0.717, 1.165) is 5.56 Å². The molecule has 0 spiro atoms. The fraction of sp³-hybridized carbons (Fsp3) is 0.182. The van der Waals surface area contributed by atoms with E-state index in [1.807, 2.05) is 16.8 Å². The molecule has 2 N–H and O–H groups in total. The summed E-state index contributed by atoms with van der Waals surface area (Å²) in [6, 6.07) is 4.84. The van der Waals surface area contributed by atoms with E-state index in [9.17, 15) is 8.42 Å².